The van der Waals surface area contributed by atoms with Gasteiger partial charge in [-0.1, -0.05) is 50.2 Å². The van der Waals surface area contributed by atoms with E-state index in [4.69, 9.17) is 5.73 Å². The van der Waals surface area contributed by atoms with Gasteiger partial charge in [-0.3, -0.25) is 4.79 Å². The third-order valence-electron chi connectivity index (χ3n) is 4.19. The Hall–Kier alpha value is -1.67. The maximum absolute atomic E-state index is 12.7. The van der Waals surface area contributed by atoms with E-state index in [1.165, 1.54) is 0 Å². The van der Waals surface area contributed by atoms with E-state index in [1.807, 2.05) is 70.2 Å². The van der Waals surface area contributed by atoms with Gasteiger partial charge < -0.3 is 5.73 Å². The Balaban J connectivity index is 2.48. The van der Waals surface area contributed by atoms with Crippen LogP contribution in [-0.4, -0.2) is 11.3 Å². The van der Waals surface area contributed by atoms with Crippen molar-refractivity contribution in [2.24, 2.45) is 11.1 Å². The number of Topliss-reactive ketones (excluding diaryl/α,β-unsaturated/α-hetero) is 1. The molecule has 2 nitrogen and oxygen atoms in total. The summed E-state index contributed by atoms with van der Waals surface area (Å²) in [5.74, 6) is 0.0887. The Kier molecular flexibility index (Phi) is 3.23. The molecule has 0 atom stereocenters. The van der Waals surface area contributed by atoms with Gasteiger partial charge in [0, 0.05) is 16.5 Å². The van der Waals surface area contributed by atoms with Gasteiger partial charge in [0.25, 0.3) is 0 Å². The Labute approximate surface area is 114 Å². The van der Waals surface area contributed by atoms with E-state index in [0.717, 1.165) is 16.3 Å². The number of rotatable bonds is 3. The summed E-state index contributed by atoms with van der Waals surface area (Å²) in [6.45, 7) is 7.60. The SMILES string of the molecule is CC(C)(N)C(C)(C)C(=O)c1ccc2ccccc2c1. The van der Waals surface area contributed by atoms with Gasteiger partial charge >= 0.3 is 0 Å². The Morgan fingerprint density at radius 2 is 1.53 bits per heavy atom. The van der Waals surface area contributed by atoms with Crippen molar-refractivity contribution in [2.75, 3.05) is 0 Å². The van der Waals surface area contributed by atoms with Crippen LogP contribution in [0.25, 0.3) is 10.8 Å². The van der Waals surface area contributed by atoms with Crippen molar-refractivity contribution < 1.29 is 4.79 Å². The first-order valence-corrected chi connectivity index (χ1v) is 6.56. The smallest absolute Gasteiger partial charge is 0.170 e. The van der Waals surface area contributed by atoms with E-state index in [-0.39, 0.29) is 5.78 Å². The van der Waals surface area contributed by atoms with Crippen LogP contribution in [0.3, 0.4) is 0 Å². The van der Waals surface area contributed by atoms with Gasteiger partial charge in [-0.2, -0.15) is 0 Å². The number of carbonyl (C=O) groups is 1. The van der Waals surface area contributed by atoms with Crippen molar-refractivity contribution in [1.82, 2.24) is 0 Å². The largest absolute Gasteiger partial charge is 0.325 e. The normalized spacial score (nSPS) is 12.7. The number of ketones is 1. The van der Waals surface area contributed by atoms with Gasteiger partial charge in [-0.15, -0.1) is 0 Å². The molecule has 0 unspecified atom stereocenters. The molecule has 0 amide bonds. The lowest BCUT2D eigenvalue weighted by molar-refractivity contribution is 0.0735. The van der Waals surface area contributed by atoms with Gasteiger partial charge in [0.1, 0.15) is 0 Å². The van der Waals surface area contributed by atoms with Crippen molar-refractivity contribution in [3.8, 4) is 0 Å². The number of nitrogens with two attached hydrogens (primary N) is 1. The fourth-order valence-corrected chi connectivity index (χ4v) is 1.98. The summed E-state index contributed by atoms with van der Waals surface area (Å²) in [5, 5.41) is 2.22. The first-order valence-electron chi connectivity index (χ1n) is 6.56. The molecule has 0 aliphatic rings. The first kappa shape index (κ1) is 13.8. The second kappa shape index (κ2) is 4.46. The van der Waals surface area contributed by atoms with E-state index in [9.17, 15) is 4.79 Å². The monoisotopic (exact) mass is 255 g/mol. The van der Waals surface area contributed by atoms with Gasteiger partial charge in [-0.05, 0) is 30.7 Å². The molecule has 2 aromatic rings. The topological polar surface area (TPSA) is 43.1 Å². The van der Waals surface area contributed by atoms with Crippen molar-refractivity contribution in [2.45, 2.75) is 33.2 Å². The molecule has 2 heteroatoms. The van der Waals surface area contributed by atoms with Crippen LogP contribution in [-0.2, 0) is 0 Å². The molecule has 0 aliphatic heterocycles. The Morgan fingerprint density at radius 1 is 0.947 bits per heavy atom. The molecule has 19 heavy (non-hydrogen) atoms. The number of hydrogen-bond acceptors (Lipinski definition) is 2. The van der Waals surface area contributed by atoms with Gasteiger partial charge in [0.05, 0.1) is 0 Å². The van der Waals surface area contributed by atoms with Crippen LogP contribution in [0, 0.1) is 5.41 Å². The first-order chi connectivity index (χ1) is 8.73. The van der Waals surface area contributed by atoms with Crippen molar-refractivity contribution in [3.05, 3.63) is 48.0 Å². The van der Waals surface area contributed by atoms with Crippen LogP contribution in [0.1, 0.15) is 38.1 Å². The van der Waals surface area contributed by atoms with E-state index >= 15 is 0 Å². The molecule has 100 valence electrons. The summed E-state index contributed by atoms with van der Waals surface area (Å²) in [6.07, 6.45) is 0. The molecule has 2 aromatic carbocycles. The fraction of sp³-hybridized carbons (Fsp3) is 0.353. The van der Waals surface area contributed by atoms with Gasteiger partial charge in [-0.25, -0.2) is 0 Å². The lowest BCUT2D eigenvalue weighted by Crippen LogP contribution is -2.51. The molecule has 0 fully saturated rings. The van der Waals surface area contributed by atoms with Crippen molar-refractivity contribution >= 4 is 16.6 Å². The predicted molar refractivity (Wildman–Crippen MR) is 80.3 cm³/mol. The highest BCUT2D eigenvalue weighted by molar-refractivity contribution is 6.03. The fourth-order valence-electron chi connectivity index (χ4n) is 1.98. The zero-order chi connectivity index (χ0) is 14.3. The van der Waals surface area contributed by atoms with Crippen LogP contribution >= 0.6 is 0 Å². The summed E-state index contributed by atoms with van der Waals surface area (Å²) < 4.78 is 0. The quantitative estimate of drug-likeness (QED) is 0.848. The molecule has 2 N–H and O–H groups in total. The molecule has 0 aliphatic carbocycles. The average Bonchev–Trinajstić information content (AvgIpc) is 2.36. The number of fused-ring (bicyclic) bond motifs is 1. The minimum Gasteiger partial charge on any atom is -0.325 e. The van der Waals surface area contributed by atoms with E-state index < -0.39 is 11.0 Å². The van der Waals surface area contributed by atoms with Crippen LogP contribution in [0.2, 0.25) is 0 Å². The molecule has 0 radical (unpaired) electrons. The van der Waals surface area contributed by atoms with Crippen LogP contribution in [0.5, 0.6) is 0 Å². The van der Waals surface area contributed by atoms with Crippen molar-refractivity contribution in [1.29, 1.82) is 0 Å². The molecular weight excluding hydrogens is 234 g/mol. The average molecular weight is 255 g/mol. The summed E-state index contributed by atoms with van der Waals surface area (Å²) in [7, 11) is 0. The second-order valence-corrected chi connectivity index (χ2v) is 6.24. The van der Waals surface area contributed by atoms with E-state index in [2.05, 4.69) is 0 Å². The number of benzene rings is 2. The second-order valence-electron chi connectivity index (χ2n) is 6.24. The number of carbonyl (C=O) groups excluding carboxylic acids is 1. The van der Waals surface area contributed by atoms with Crippen molar-refractivity contribution in [3.63, 3.8) is 0 Å². The maximum atomic E-state index is 12.7. The zero-order valence-electron chi connectivity index (χ0n) is 12.0. The standard InChI is InChI=1S/C17H21NO/c1-16(2,17(3,4)18)15(19)14-10-9-12-7-5-6-8-13(12)11-14/h5-11H,18H2,1-4H3. The molecule has 0 heterocycles. The van der Waals surface area contributed by atoms with Gasteiger partial charge in [0.2, 0.25) is 0 Å². The van der Waals surface area contributed by atoms with E-state index in [0.29, 0.717) is 0 Å². The minimum absolute atomic E-state index is 0.0887. The van der Waals surface area contributed by atoms with E-state index in [1.54, 1.807) is 0 Å². The highest BCUT2D eigenvalue weighted by Crippen LogP contribution is 2.33. The third-order valence-corrected chi connectivity index (χ3v) is 4.19. The lowest BCUT2D eigenvalue weighted by atomic mass is 9.70. The molecule has 0 saturated heterocycles. The third kappa shape index (κ3) is 2.41. The van der Waals surface area contributed by atoms with Crippen LogP contribution in [0.15, 0.2) is 42.5 Å². The number of hydrogen-bond donors (Lipinski definition) is 1. The predicted octanol–water partition coefficient (Wildman–Crippen LogP) is 3.79. The van der Waals surface area contributed by atoms with Crippen LogP contribution < -0.4 is 5.73 Å². The summed E-state index contributed by atoms with van der Waals surface area (Å²) in [6, 6.07) is 13.9. The zero-order valence-corrected chi connectivity index (χ0v) is 12.0. The molecule has 0 bridgehead atoms. The van der Waals surface area contributed by atoms with Gasteiger partial charge in [0.15, 0.2) is 5.78 Å². The molecule has 0 spiro atoms. The minimum atomic E-state index is -0.602. The Morgan fingerprint density at radius 3 is 2.11 bits per heavy atom. The molecule has 0 saturated carbocycles. The lowest BCUT2D eigenvalue weighted by Gasteiger charge is -2.37. The summed E-state index contributed by atoms with van der Waals surface area (Å²) >= 11 is 0. The highest BCUT2D eigenvalue weighted by atomic mass is 16.1. The summed E-state index contributed by atoms with van der Waals surface area (Å²) in [5.41, 5.74) is 5.71. The maximum Gasteiger partial charge on any atom is 0.170 e. The van der Waals surface area contributed by atoms with Crippen LogP contribution in [0.4, 0.5) is 0 Å². The highest BCUT2D eigenvalue weighted by Gasteiger charge is 2.40. The Bertz CT molecular complexity index is 620. The summed E-state index contributed by atoms with van der Waals surface area (Å²) in [4.78, 5) is 12.7. The molecule has 2 rings (SSSR count). The molecule has 0 aromatic heterocycles. The molecular formula is C17H21NO.